The van der Waals surface area contributed by atoms with E-state index in [-0.39, 0.29) is 0 Å². The van der Waals surface area contributed by atoms with Crippen molar-refractivity contribution in [3.05, 3.63) is 0 Å². The number of rotatable bonds is 6. The van der Waals surface area contributed by atoms with Crippen molar-refractivity contribution in [2.24, 2.45) is 29.1 Å². The van der Waals surface area contributed by atoms with Gasteiger partial charge in [0, 0.05) is 0 Å². The molecule has 0 aromatic carbocycles. The van der Waals surface area contributed by atoms with Gasteiger partial charge in [-0.15, -0.1) is 0 Å². The fraction of sp³-hybridized carbons (Fsp3) is 1.00. The molecule has 1 rings (SSSR count). The van der Waals surface area contributed by atoms with Crippen molar-refractivity contribution in [2.45, 2.75) is 67.2 Å². The van der Waals surface area contributed by atoms with E-state index < -0.39 is 0 Å². The molecule has 0 amide bonds. The van der Waals surface area contributed by atoms with Crippen molar-refractivity contribution < 1.29 is 0 Å². The zero-order valence-corrected chi connectivity index (χ0v) is 11.6. The van der Waals surface area contributed by atoms with Gasteiger partial charge in [-0.25, -0.2) is 0 Å². The van der Waals surface area contributed by atoms with Crippen LogP contribution >= 0.6 is 0 Å². The maximum Gasteiger partial charge on any atom is -0.0323 e. The molecule has 0 heterocycles. The quantitative estimate of drug-likeness (QED) is 0.570. The van der Waals surface area contributed by atoms with Crippen LogP contribution in [0.2, 0.25) is 0 Å². The molecule has 0 radical (unpaired) electrons. The van der Waals surface area contributed by atoms with E-state index in [2.05, 4.69) is 41.5 Å². The Morgan fingerprint density at radius 3 is 2.07 bits per heavy atom. The maximum absolute atomic E-state index is 2.45. The lowest BCUT2D eigenvalue weighted by Crippen LogP contribution is -2.12. The predicted octanol–water partition coefficient (Wildman–Crippen LogP) is 5.13. The Labute approximate surface area is 96.8 Å². The number of hydrogen-bond acceptors (Lipinski definition) is 0. The summed E-state index contributed by atoms with van der Waals surface area (Å²) in [7, 11) is 0. The van der Waals surface area contributed by atoms with Crippen LogP contribution in [0, 0.1) is 29.1 Å². The topological polar surface area (TPSA) is 0 Å². The molecule has 0 aromatic rings. The molecule has 0 aromatic heterocycles. The average Bonchev–Trinajstić information content (AvgIpc) is 2.71. The first-order chi connectivity index (χ1) is 6.86. The van der Waals surface area contributed by atoms with E-state index in [4.69, 9.17) is 0 Å². The van der Waals surface area contributed by atoms with Crippen molar-refractivity contribution in [1.82, 2.24) is 0 Å². The summed E-state index contributed by atoms with van der Waals surface area (Å²) in [6, 6.07) is 0. The molecule has 1 aliphatic rings. The van der Waals surface area contributed by atoms with E-state index in [1.54, 1.807) is 0 Å². The van der Waals surface area contributed by atoms with Crippen molar-refractivity contribution in [3.8, 4) is 0 Å². The van der Waals surface area contributed by atoms with Crippen LogP contribution in [0.4, 0.5) is 0 Å². The van der Waals surface area contributed by atoms with Gasteiger partial charge in [-0.05, 0) is 48.3 Å². The summed E-state index contributed by atoms with van der Waals surface area (Å²) in [6.07, 6.45) is 5.70. The van der Waals surface area contributed by atoms with Gasteiger partial charge in [-0.1, -0.05) is 48.0 Å². The predicted molar refractivity (Wildman–Crippen MR) is 68.9 cm³/mol. The Balaban J connectivity index is 2.21. The Morgan fingerprint density at radius 2 is 1.67 bits per heavy atom. The van der Waals surface area contributed by atoms with E-state index in [1.165, 1.54) is 25.7 Å². The first-order valence-electron chi connectivity index (χ1n) is 6.86. The number of hydrogen-bond donors (Lipinski definition) is 0. The van der Waals surface area contributed by atoms with Gasteiger partial charge in [0.05, 0.1) is 0 Å². The van der Waals surface area contributed by atoms with Gasteiger partial charge in [0.2, 0.25) is 0 Å². The monoisotopic (exact) mass is 210 g/mol. The Kier molecular flexibility index (Phi) is 4.26. The van der Waals surface area contributed by atoms with Gasteiger partial charge in [0.1, 0.15) is 0 Å². The smallest absolute Gasteiger partial charge is 0.0323 e. The van der Waals surface area contributed by atoms with Crippen LogP contribution in [-0.2, 0) is 0 Å². The Bertz CT molecular complexity index is 192. The zero-order valence-electron chi connectivity index (χ0n) is 11.6. The summed E-state index contributed by atoms with van der Waals surface area (Å²) in [5, 5.41) is 0. The second kappa shape index (κ2) is 4.89. The van der Waals surface area contributed by atoms with E-state index in [9.17, 15) is 0 Å². The molecule has 4 unspecified atom stereocenters. The first kappa shape index (κ1) is 13.1. The van der Waals surface area contributed by atoms with E-state index in [0.717, 1.165) is 23.7 Å². The molecule has 1 fully saturated rings. The third kappa shape index (κ3) is 3.81. The summed E-state index contributed by atoms with van der Waals surface area (Å²) in [5.74, 6) is 3.77. The fourth-order valence-electron chi connectivity index (χ4n) is 2.83. The molecule has 0 bridgehead atoms. The second-order valence-corrected chi connectivity index (χ2v) is 6.83. The van der Waals surface area contributed by atoms with Crippen LogP contribution in [0.15, 0.2) is 0 Å². The average molecular weight is 210 g/mol. The van der Waals surface area contributed by atoms with Gasteiger partial charge in [0.15, 0.2) is 0 Å². The molecular weight excluding hydrogens is 180 g/mol. The van der Waals surface area contributed by atoms with Crippen LogP contribution in [0.3, 0.4) is 0 Å². The third-order valence-corrected chi connectivity index (χ3v) is 4.79. The summed E-state index contributed by atoms with van der Waals surface area (Å²) >= 11 is 0. The van der Waals surface area contributed by atoms with Crippen LogP contribution in [0.5, 0.6) is 0 Å². The van der Waals surface area contributed by atoms with Crippen molar-refractivity contribution in [1.29, 1.82) is 0 Å². The lowest BCUT2D eigenvalue weighted by molar-refractivity contribution is 0.286. The Morgan fingerprint density at radius 1 is 1.13 bits per heavy atom. The summed E-state index contributed by atoms with van der Waals surface area (Å²) in [5.41, 5.74) is 0.674. The van der Waals surface area contributed by atoms with Crippen LogP contribution < -0.4 is 0 Å². The minimum Gasteiger partial charge on any atom is -0.0651 e. The maximum atomic E-state index is 2.45. The van der Waals surface area contributed by atoms with Crippen LogP contribution in [-0.4, -0.2) is 0 Å². The van der Waals surface area contributed by atoms with Gasteiger partial charge in [-0.2, -0.15) is 0 Å². The molecule has 0 saturated heterocycles. The van der Waals surface area contributed by atoms with Crippen molar-refractivity contribution >= 4 is 0 Å². The highest BCUT2D eigenvalue weighted by Crippen LogP contribution is 2.55. The molecule has 0 heteroatoms. The molecule has 0 N–H and O–H groups in total. The van der Waals surface area contributed by atoms with Gasteiger partial charge >= 0.3 is 0 Å². The molecule has 15 heavy (non-hydrogen) atoms. The lowest BCUT2D eigenvalue weighted by atomic mass is 9.84. The zero-order chi connectivity index (χ0) is 11.6. The minimum atomic E-state index is 0.674. The van der Waals surface area contributed by atoms with Gasteiger partial charge < -0.3 is 0 Å². The van der Waals surface area contributed by atoms with E-state index in [0.29, 0.717) is 5.41 Å². The van der Waals surface area contributed by atoms with E-state index in [1.807, 2.05) is 0 Å². The SMILES string of the molecule is CCC(C)C(C)CC(C)CC1CC1(C)C. The third-order valence-electron chi connectivity index (χ3n) is 4.79. The molecule has 4 atom stereocenters. The molecule has 0 aliphatic heterocycles. The van der Waals surface area contributed by atoms with Crippen LogP contribution in [0.1, 0.15) is 67.2 Å². The molecule has 1 aliphatic carbocycles. The van der Waals surface area contributed by atoms with Crippen molar-refractivity contribution in [3.63, 3.8) is 0 Å². The summed E-state index contributed by atoms with van der Waals surface area (Å²) < 4.78 is 0. The molecule has 0 nitrogen and oxygen atoms in total. The highest BCUT2D eigenvalue weighted by molar-refractivity contribution is 4.95. The van der Waals surface area contributed by atoms with Crippen LogP contribution in [0.25, 0.3) is 0 Å². The first-order valence-corrected chi connectivity index (χ1v) is 6.86. The molecule has 90 valence electrons. The van der Waals surface area contributed by atoms with E-state index >= 15 is 0 Å². The largest absolute Gasteiger partial charge is 0.0651 e. The molecule has 0 spiro atoms. The standard InChI is InChI=1S/C15H30/c1-7-12(3)13(4)8-11(2)9-14-10-15(14,5)6/h11-14H,7-10H2,1-6H3. The molecular formula is C15H30. The second-order valence-electron chi connectivity index (χ2n) is 6.83. The van der Waals surface area contributed by atoms with Gasteiger partial charge in [0.25, 0.3) is 0 Å². The lowest BCUT2D eigenvalue weighted by Gasteiger charge is -2.22. The summed E-state index contributed by atoms with van der Waals surface area (Å²) in [4.78, 5) is 0. The normalized spacial score (nSPS) is 29.6. The highest BCUT2D eigenvalue weighted by Gasteiger charge is 2.45. The Hall–Kier alpha value is 0. The minimum absolute atomic E-state index is 0.674. The van der Waals surface area contributed by atoms with Crippen molar-refractivity contribution in [2.75, 3.05) is 0 Å². The highest BCUT2D eigenvalue weighted by atomic mass is 14.5. The summed E-state index contributed by atoms with van der Waals surface area (Å²) in [6.45, 7) is 14.4. The molecule has 1 saturated carbocycles. The van der Waals surface area contributed by atoms with Gasteiger partial charge in [-0.3, -0.25) is 0 Å². The fourth-order valence-corrected chi connectivity index (χ4v) is 2.83.